The van der Waals surface area contributed by atoms with Crippen molar-refractivity contribution in [1.29, 1.82) is 0 Å². The summed E-state index contributed by atoms with van der Waals surface area (Å²) in [6.45, 7) is 11.4. The molecule has 1 fully saturated rings. The maximum absolute atomic E-state index is 2.40. The summed E-state index contributed by atoms with van der Waals surface area (Å²) in [5.41, 5.74) is 0.658. The first kappa shape index (κ1) is 13.0. The van der Waals surface area contributed by atoms with Crippen LogP contribution in [0.5, 0.6) is 0 Å². The fraction of sp³-hybridized carbons (Fsp3) is 1.00. The van der Waals surface area contributed by atoms with Gasteiger partial charge in [-0.25, -0.2) is 0 Å². The van der Waals surface area contributed by atoms with Crippen molar-refractivity contribution in [3.8, 4) is 0 Å². The van der Waals surface area contributed by atoms with E-state index in [1.54, 1.807) is 0 Å². The summed E-state index contributed by atoms with van der Waals surface area (Å²) in [5.74, 6) is 1.05. The van der Waals surface area contributed by atoms with Gasteiger partial charge >= 0.3 is 0 Å². The minimum Gasteiger partial charge on any atom is -0.0656 e. The molecule has 0 amide bonds. The molecule has 0 aromatic heterocycles. The standard InChI is InChI=1S/C10H20.C3H8/c1-4-9-5-7-10(2,3)8-6-9;1-3-2/h9H,4-8H2,1-3H3;3H2,1-2H3. The average Bonchev–Trinajstić information content (AvgIpc) is 2.06. The minimum atomic E-state index is 0.658. The monoisotopic (exact) mass is 184 g/mol. The predicted octanol–water partition coefficient (Wildman–Crippen LogP) is 5.03. The highest BCUT2D eigenvalue weighted by Gasteiger charge is 2.25. The fourth-order valence-electron chi connectivity index (χ4n) is 1.87. The Morgan fingerprint density at radius 3 is 1.69 bits per heavy atom. The highest BCUT2D eigenvalue weighted by Crippen LogP contribution is 2.38. The summed E-state index contributed by atoms with van der Waals surface area (Å²) in [7, 11) is 0. The van der Waals surface area contributed by atoms with Crippen molar-refractivity contribution < 1.29 is 0 Å². The lowest BCUT2D eigenvalue weighted by Crippen LogP contribution is -2.20. The maximum Gasteiger partial charge on any atom is -0.0354 e. The molecule has 0 spiro atoms. The zero-order valence-corrected chi connectivity index (χ0v) is 10.3. The van der Waals surface area contributed by atoms with E-state index in [0.717, 1.165) is 5.92 Å². The highest BCUT2D eigenvalue weighted by atomic mass is 14.3. The molecule has 0 bridgehead atoms. The van der Waals surface area contributed by atoms with Crippen LogP contribution in [0, 0.1) is 11.3 Å². The van der Waals surface area contributed by atoms with Gasteiger partial charge in [-0.15, -0.1) is 0 Å². The molecule has 0 nitrogen and oxygen atoms in total. The fourth-order valence-corrected chi connectivity index (χ4v) is 1.87. The Kier molecular flexibility index (Phi) is 6.45. The van der Waals surface area contributed by atoms with Gasteiger partial charge in [0.15, 0.2) is 0 Å². The first-order chi connectivity index (χ1) is 6.05. The zero-order valence-electron chi connectivity index (χ0n) is 10.3. The van der Waals surface area contributed by atoms with Crippen LogP contribution in [-0.2, 0) is 0 Å². The van der Waals surface area contributed by atoms with Crippen LogP contribution in [0.2, 0.25) is 0 Å². The van der Waals surface area contributed by atoms with Crippen molar-refractivity contribution in [1.82, 2.24) is 0 Å². The normalized spacial score (nSPS) is 21.9. The zero-order chi connectivity index (χ0) is 10.3. The molecule has 1 aliphatic rings. The third-order valence-corrected chi connectivity index (χ3v) is 3.04. The summed E-state index contributed by atoms with van der Waals surface area (Å²) in [6.07, 6.45) is 8.50. The molecule has 0 atom stereocenters. The van der Waals surface area contributed by atoms with Gasteiger partial charge < -0.3 is 0 Å². The maximum atomic E-state index is 2.40. The van der Waals surface area contributed by atoms with Crippen LogP contribution in [0.1, 0.15) is 73.1 Å². The van der Waals surface area contributed by atoms with Crippen molar-refractivity contribution in [2.45, 2.75) is 73.1 Å². The summed E-state index contributed by atoms with van der Waals surface area (Å²) < 4.78 is 0. The third kappa shape index (κ3) is 6.12. The lowest BCUT2D eigenvalue weighted by molar-refractivity contribution is 0.188. The molecule has 0 radical (unpaired) electrons. The molecule has 0 saturated heterocycles. The molecule has 0 unspecified atom stereocenters. The van der Waals surface area contributed by atoms with Gasteiger partial charge in [0.25, 0.3) is 0 Å². The predicted molar refractivity (Wildman–Crippen MR) is 62.0 cm³/mol. The highest BCUT2D eigenvalue weighted by molar-refractivity contribution is 4.77. The molecule has 0 aromatic carbocycles. The summed E-state index contributed by atoms with van der Waals surface area (Å²) in [5, 5.41) is 0. The summed E-state index contributed by atoms with van der Waals surface area (Å²) in [6, 6.07) is 0. The van der Waals surface area contributed by atoms with E-state index in [4.69, 9.17) is 0 Å². The van der Waals surface area contributed by atoms with Gasteiger partial charge in [0.05, 0.1) is 0 Å². The molecule has 1 saturated carbocycles. The SMILES string of the molecule is CCC.CCC1CCC(C)(C)CC1. The Hall–Kier alpha value is 0. The van der Waals surface area contributed by atoms with Gasteiger partial charge in [0.2, 0.25) is 0 Å². The van der Waals surface area contributed by atoms with E-state index in [-0.39, 0.29) is 0 Å². The molecular formula is C13H28. The smallest absolute Gasteiger partial charge is 0.0354 e. The summed E-state index contributed by atoms with van der Waals surface area (Å²) in [4.78, 5) is 0. The van der Waals surface area contributed by atoms with Gasteiger partial charge in [-0.2, -0.15) is 0 Å². The van der Waals surface area contributed by atoms with Crippen LogP contribution in [0.3, 0.4) is 0 Å². The molecule has 13 heavy (non-hydrogen) atoms. The Labute approximate surface area is 85.1 Å². The third-order valence-electron chi connectivity index (χ3n) is 3.04. The van der Waals surface area contributed by atoms with E-state index in [1.165, 1.54) is 38.5 Å². The first-order valence-corrected chi connectivity index (χ1v) is 6.05. The van der Waals surface area contributed by atoms with E-state index < -0.39 is 0 Å². The van der Waals surface area contributed by atoms with Gasteiger partial charge in [-0.05, 0) is 37.0 Å². The Morgan fingerprint density at radius 1 is 1.00 bits per heavy atom. The van der Waals surface area contributed by atoms with Crippen LogP contribution in [-0.4, -0.2) is 0 Å². The van der Waals surface area contributed by atoms with Crippen molar-refractivity contribution >= 4 is 0 Å². The number of rotatable bonds is 1. The summed E-state index contributed by atoms with van der Waals surface area (Å²) >= 11 is 0. The van der Waals surface area contributed by atoms with Gasteiger partial charge in [0.1, 0.15) is 0 Å². The van der Waals surface area contributed by atoms with Gasteiger partial charge in [-0.1, -0.05) is 47.5 Å². The van der Waals surface area contributed by atoms with Crippen LogP contribution >= 0.6 is 0 Å². The van der Waals surface area contributed by atoms with E-state index in [2.05, 4.69) is 34.6 Å². The molecule has 0 aliphatic heterocycles. The molecule has 1 rings (SSSR count). The number of hydrogen-bond acceptors (Lipinski definition) is 0. The van der Waals surface area contributed by atoms with E-state index in [1.807, 2.05) is 0 Å². The first-order valence-electron chi connectivity index (χ1n) is 6.05. The van der Waals surface area contributed by atoms with Crippen molar-refractivity contribution in [2.24, 2.45) is 11.3 Å². The van der Waals surface area contributed by atoms with E-state index in [0.29, 0.717) is 5.41 Å². The molecule has 0 heterocycles. The molecule has 80 valence electrons. The quantitative estimate of drug-likeness (QED) is 0.536. The number of hydrogen-bond donors (Lipinski definition) is 0. The van der Waals surface area contributed by atoms with Gasteiger partial charge in [0, 0.05) is 0 Å². The van der Waals surface area contributed by atoms with Crippen molar-refractivity contribution in [2.75, 3.05) is 0 Å². The van der Waals surface area contributed by atoms with E-state index in [9.17, 15) is 0 Å². The van der Waals surface area contributed by atoms with Gasteiger partial charge in [-0.3, -0.25) is 0 Å². The molecule has 0 aromatic rings. The molecule has 1 aliphatic carbocycles. The second-order valence-electron chi connectivity index (χ2n) is 5.22. The van der Waals surface area contributed by atoms with Crippen molar-refractivity contribution in [3.05, 3.63) is 0 Å². The Morgan fingerprint density at radius 2 is 1.38 bits per heavy atom. The van der Waals surface area contributed by atoms with E-state index >= 15 is 0 Å². The molecule has 0 N–H and O–H groups in total. The lowest BCUT2D eigenvalue weighted by atomic mass is 9.72. The van der Waals surface area contributed by atoms with Crippen LogP contribution in [0.15, 0.2) is 0 Å². The molecule has 0 heteroatoms. The Bertz CT molecular complexity index is 103. The average molecular weight is 184 g/mol. The van der Waals surface area contributed by atoms with Crippen LogP contribution in [0.25, 0.3) is 0 Å². The Balaban J connectivity index is 0.000000424. The molecular weight excluding hydrogens is 156 g/mol. The van der Waals surface area contributed by atoms with Crippen molar-refractivity contribution in [3.63, 3.8) is 0 Å². The largest absolute Gasteiger partial charge is 0.0656 e. The lowest BCUT2D eigenvalue weighted by Gasteiger charge is -2.33. The topological polar surface area (TPSA) is 0 Å². The second kappa shape index (κ2) is 6.45. The van der Waals surface area contributed by atoms with Crippen LogP contribution in [0.4, 0.5) is 0 Å². The van der Waals surface area contributed by atoms with Crippen LogP contribution < -0.4 is 0 Å². The minimum absolute atomic E-state index is 0.658. The second-order valence-corrected chi connectivity index (χ2v) is 5.22.